The molecule has 0 aliphatic heterocycles. The van der Waals surface area contributed by atoms with Crippen molar-refractivity contribution in [2.24, 2.45) is 15.5 Å². The molecule has 0 aliphatic carbocycles. The molecule has 0 heterocycles. The summed E-state index contributed by atoms with van der Waals surface area (Å²) >= 11 is 0. The lowest BCUT2D eigenvalue weighted by Crippen LogP contribution is -2.20. The lowest BCUT2D eigenvalue weighted by Gasteiger charge is -2.15. The van der Waals surface area contributed by atoms with Gasteiger partial charge in [0.05, 0.1) is 19.9 Å². The Kier molecular flexibility index (Phi) is 11.1. The lowest BCUT2D eigenvalue weighted by molar-refractivity contribution is -0.132. The van der Waals surface area contributed by atoms with E-state index in [0.717, 1.165) is 17.7 Å². The molecule has 1 atom stereocenters. The van der Waals surface area contributed by atoms with Crippen molar-refractivity contribution in [3.05, 3.63) is 65.2 Å². The van der Waals surface area contributed by atoms with Crippen molar-refractivity contribution in [2.75, 3.05) is 27.4 Å². The fraction of sp³-hybridized carbons (Fsp3) is 0.360. The molecule has 2 aromatic carbocycles. The summed E-state index contributed by atoms with van der Waals surface area (Å²) in [7, 11) is 2.74. The van der Waals surface area contributed by atoms with Crippen molar-refractivity contribution in [1.29, 1.82) is 0 Å². The van der Waals surface area contributed by atoms with Crippen molar-refractivity contribution in [3.63, 3.8) is 0 Å². The van der Waals surface area contributed by atoms with Crippen LogP contribution in [-0.2, 0) is 24.0 Å². The number of nitrogens with zero attached hydrogens (tertiary/aromatic N) is 3. The van der Waals surface area contributed by atoms with Crippen LogP contribution in [0.15, 0.2) is 64.0 Å². The maximum atomic E-state index is 12.3. The minimum absolute atomic E-state index is 0.0476. The first-order valence-corrected chi connectivity index (χ1v) is 11.0. The molecule has 0 aromatic heterocycles. The van der Waals surface area contributed by atoms with Gasteiger partial charge in [-0.15, -0.1) is 0 Å². The smallest absolute Gasteiger partial charge is 0.360 e. The second-order valence-corrected chi connectivity index (χ2v) is 6.95. The SMILES string of the molecule is CCCOc1ccc(C(C=NOC(C)c2ccccc2C(=NOCC)C(=O)OC)=NOC)cc1. The predicted octanol–water partition coefficient (Wildman–Crippen LogP) is 4.50. The number of rotatable bonds is 13. The topological polar surface area (TPSA) is 100 Å². The Morgan fingerprint density at radius 2 is 1.76 bits per heavy atom. The quantitative estimate of drug-likeness (QED) is 0.243. The minimum atomic E-state index is -0.613. The average Bonchev–Trinajstić information content (AvgIpc) is 2.87. The van der Waals surface area contributed by atoms with E-state index in [-0.39, 0.29) is 5.71 Å². The lowest BCUT2D eigenvalue weighted by atomic mass is 9.99. The number of esters is 1. The number of benzene rings is 2. The standard InChI is InChI=1S/C25H31N3O6/c1-6-16-32-20-14-12-19(13-15-20)23(27-31-5)17-26-34-18(3)21-10-8-9-11-22(21)24(25(29)30-4)28-33-7-2/h8-15,17-18H,6-7,16H2,1-5H3. The average molecular weight is 470 g/mol. The van der Waals surface area contributed by atoms with Gasteiger partial charge in [-0.3, -0.25) is 0 Å². The molecule has 0 N–H and O–H groups in total. The third kappa shape index (κ3) is 7.61. The third-order valence-electron chi connectivity index (χ3n) is 4.52. The fourth-order valence-electron chi connectivity index (χ4n) is 2.91. The van der Waals surface area contributed by atoms with E-state index in [1.807, 2.05) is 36.4 Å². The number of carbonyl (C=O) groups is 1. The van der Waals surface area contributed by atoms with Gasteiger partial charge in [0.15, 0.2) is 5.71 Å². The molecule has 0 spiro atoms. The van der Waals surface area contributed by atoms with E-state index in [2.05, 4.69) is 22.4 Å². The molecule has 1 unspecified atom stereocenters. The van der Waals surface area contributed by atoms with Crippen molar-refractivity contribution in [1.82, 2.24) is 0 Å². The first-order valence-electron chi connectivity index (χ1n) is 11.0. The van der Waals surface area contributed by atoms with Gasteiger partial charge in [-0.1, -0.05) is 46.7 Å². The number of ether oxygens (including phenoxy) is 2. The summed E-state index contributed by atoms with van der Waals surface area (Å²) in [6.07, 6.45) is 1.87. The number of oxime groups is 3. The van der Waals surface area contributed by atoms with Crippen molar-refractivity contribution in [2.45, 2.75) is 33.3 Å². The molecule has 2 rings (SSSR count). The number of methoxy groups -OCH3 is 1. The zero-order valence-corrected chi connectivity index (χ0v) is 20.2. The van der Waals surface area contributed by atoms with Crippen LogP contribution in [0.2, 0.25) is 0 Å². The van der Waals surface area contributed by atoms with Gasteiger partial charge in [0.2, 0.25) is 0 Å². The molecule has 0 saturated heterocycles. The van der Waals surface area contributed by atoms with Crippen LogP contribution in [-0.4, -0.2) is 51.0 Å². The molecular weight excluding hydrogens is 438 g/mol. The maximum Gasteiger partial charge on any atom is 0.360 e. The molecule has 0 fully saturated rings. The molecule has 0 amide bonds. The first kappa shape index (κ1) is 26.4. The van der Waals surface area contributed by atoms with Gasteiger partial charge in [-0.05, 0) is 44.5 Å². The summed E-state index contributed by atoms with van der Waals surface area (Å²) in [5, 5.41) is 12.0. The van der Waals surface area contributed by atoms with Crippen LogP contribution in [0.3, 0.4) is 0 Å². The van der Waals surface area contributed by atoms with E-state index < -0.39 is 12.1 Å². The largest absolute Gasteiger partial charge is 0.494 e. The van der Waals surface area contributed by atoms with Gasteiger partial charge in [-0.25, -0.2) is 4.79 Å². The van der Waals surface area contributed by atoms with Crippen molar-refractivity contribution < 1.29 is 28.8 Å². The van der Waals surface area contributed by atoms with E-state index in [4.69, 9.17) is 24.0 Å². The number of hydrogen-bond acceptors (Lipinski definition) is 9. The van der Waals surface area contributed by atoms with Gasteiger partial charge >= 0.3 is 5.97 Å². The fourth-order valence-corrected chi connectivity index (χ4v) is 2.91. The highest BCUT2D eigenvalue weighted by molar-refractivity contribution is 6.43. The Bertz CT molecular complexity index is 1000. The predicted molar refractivity (Wildman–Crippen MR) is 130 cm³/mol. The molecule has 34 heavy (non-hydrogen) atoms. The summed E-state index contributed by atoms with van der Waals surface area (Å²) in [5.41, 5.74) is 2.51. The van der Waals surface area contributed by atoms with Crippen LogP contribution in [0.1, 0.15) is 50.0 Å². The van der Waals surface area contributed by atoms with E-state index >= 15 is 0 Å². The Hall–Kier alpha value is -3.88. The second-order valence-electron chi connectivity index (χ2n) is 6.95. The summed E-state index contributed by atoms with van der Waals surface area (Å²) in [5.74, 6) is 0.161. The summed E-state index contributed by atoms with van der Waals surface area (Å²) in [6.45, 7) is 6.59. The van der Waals surface area contributed by atoms with Gasteiger partial charge in [-0.2, -0.15) is 0 Å². The van der Waals surface area contributed by atoms with Crippen LogP contribution in [0.25, 0.3) is 0 Å². The van der Waals surface area contributed by atoms with E-state index in [9.17, 15) is 4.79 Å². The molecule has 0 bridgehead atoms. The van der Waals surface area contributed by atoms with Crippen molar-refractivity contribution >= 4 is 23.6 Å². The third-order valence-corrected chi connectivity index (χ3v) is 4.52. The highest BCUT2D eigenvalue weighted by atomic mass is 16.6. The Morgan fingerprint density at radius 1 is 1.03 bits per heavy atom. The zero-order chi connectivity index (χ0) is 24.8. The first-order chi connectivity index (χ1) is 16.5. The summed E-state index contributed by atoms with van der Waals surface area (Å²) in [6, 6.07) is 14.6. The highest BCUT2D eigenvalue weighted by Gasteiger charge is 2.22. The van der Waals surface area contributed by atoms with Gasteiger partial charge in [0, 0.05) is 16.7 Å². The number of carbonyl (C=O) groups excluding carboxylic acids is 1. The van der Waals surface area contributed by atoms with Crippen LogP contribution < -0.4 is 4.74 Å². The maximum absolute atomic E-state index is 12.3. The zero-order valence-electron chi connectivity index (χ0n) is 20.2. The molecule has 182 valence electrons. The second kappa shape index (κ2) is 14.3. The Labute approximate surface area is 200 Å². The number of hydrogen-bond donors (Lipinski definition) is 0. The van der Waals surface area contributed by atoms with Gasteiger partial charge in [0.1, 0.15) is 31.3 Å². The van der Waals surface area contributed by atoms with E-state index in [1.165, 1.54) is 20.4 Å². The van der Waals surface area contributed by atoms with Crippen LogP contribution in [0, 0.1) is 0 Å². The molecule has 0 aliphatic rings. The molecular formula is C25H31N3O6. The van der Waals surface area contributed by atoms with E-state index in [0.29, 0.717) is 30.1 Å². The molecule has 9 heteroatoms. The summed E-state index contributed by atoms with van der Waals surface area (Å²) in [4.78, 5) is 28.0. The van der Waals surface area contributed by atoms with Crippen LogP contribution in [0.5, 0.6) is 5.75 Å². The minimum Gasteiger partial charge on any atom is -0.494 e. The van der Waals surface area contributed by atoms with Crippen molar-refractivity contribution in [3.8, 4) is 5.75 Å². The van der Waals surface area contributed by atoms with Gasteiger partial charge < -0.3 is 24.0 Å². The van der Waals surface area contributed by atoms with E-state index in [1.54, 1.807) is 26.0 Å². The Balaban J connectivity index is 2.20. The monoisotopic (exact) mass is 469 g/mol. The van der Waals surface area contributed by atoms with Gasteiger partial charge in [0.25, 0.3) is 0 Å². The Morgan fingerprint density at radius 3 is 2.41 bits per heavy atom. The highest BCUT2D eigenvalue weighted by Crippen LogP contribution is 2.23. The summed E-state index contributed by atoms with van der Waals surface area (Å²) < 4.78 is 10.5. The molecule has 2 aromatic rings. The van der Waals surface area contributed by atoms with Crippen LogP contribution in [0.4, 0.5) is 0 Å². The molecule has 0 radical (unpaired) electrons. The molecule has 0 saturated carbocycles. The van der Waals surface area contributed by atoms with Crippen LogP contribution >= 0.6 is 0 Å². The normalized spacial score (nSPS) is 12.9. The molecule has 9 nitrogen and oxygen atoms in total.